The third-order valence-corrected chi connectivity index (χ3v) is 3.73. The molecule has 0 spiro atoms. The highest BCUT2D eigenvalue weighted by Gasteiger charge is 2.09. The van der Waals surface area contributed by atoms with Crippen molar-refractivity contribution in [3.8, 4) is 17.4 Å². The van der Waals surface area contributed by atoms with Crippen molar-refractivity contribution in [2.45, 2.75) is 0 Å². The first-order valence-electron chi connectivity index (χ1n) is 5.97. The monoisotopic (exact) mass is 363 g/mol. The van der Waals surface area contributed by atoms with Crippen LogP contribution in [0.1, 0.15) is 0 Å². The van der Waals surface area contributed by atoms with E-state index in [0.29, 0.717) is 22.5 Å². The van der Waals surface area contributed by atoms with Gasteiger partial charge >= 0.3 is 0 Å². The molecule has 0 saturated carbocycles. The third kappa shape index (κ3) is 3.34. The van der Waals surface area contributed by atoms with Crippen LogP contribution in [-0.4, -0.2) is 26.4 Å². The topological polar surface area (TPSA) is 72.8 Å². The van der Waals surface area contributed by atoms with Crippen molar-refractivity contribution in [1.29, 1.82) is 0 Å². The minimum absolute atomic E-state index is 0.435. The zero-order valence-corrected chi connectivity index (χ0v) is 13.3. The standard InChI is InChI=1S/C13H10BrN5OS/c1-20-11-7-15-6-10(17-11)12-18-13(21-19-12)16-9-4-2-8(14)3-5-9/h2-7H,1H3,(H,16,18,19). The van der Waals surface area contributed by atoms with E-state index in [9.17, 15) is 0 Å². The van der Waals surface area contributed by atoms with E-state index in [0.717, 1.165) is 10.2 Å². The molecule has 0 saturated heterocycles. The van der Waals surface area contributed by atoms with Gasteiger partial charge in [0.25, 0.3) is 0 Å². The van der Waals surface area contributed by atoms with Gasteiger partial charge in [-0.2, -0.15) is 9.36 Å². The van der Waals surface area contributed by atoms with Crippen molar-refractivity contribution < 1.29 is 4.74 Å². The molecule has 0 aliphatic rings. The molecule has 0 aliphatic heterocycles. The van der Waals surface area contributed by atoms with Crippen LogP contribution in [0.5, 0.6) is 5.88 Å². The van der Waals surface area contributed by atoms with Crippen molar-refractivity contribution >= 4 is 38.3 Å². The summed E-state index contributed by atoms with van der Waals surface area (Å²) in [4.78, 5) is 12.7. The van der Waals surface area contributed by atoms with Gasteiger partial charge in [0.05, 0.1) is 19.5 Å². The molecule has 1 N–H and O–H groups in total. The van der Waals surface area contributed by atoms with Crippen LogP contribution < -0.4 is 10.1 Å². The molecular formula is C13H10BrN5OS. The number of anilines is 2. The second-order valence-electron chi connectivity index (χ2n) is 4.00. The van der Waals surface area contributed by atoms with Gasteiger partial charge in [-0.1, -0.05) is 15.9 Å². The number of ether oxygens (including phenoxy) is 1. The Bertz CT molecular complexity index is 746. The third-order valence-electron chi connectivity index (χ3n) is 2.57. The van der Waals surface area contributed by atoms with Crippen LogP contribution in [0.2, 0.25) is 0 Å². The summed E-state index contributed by atoms with van der Waals surface area (Å²) in [6.45, 7) is 0. The molecule has 0 amide bonds. The Labute approximate surface area is 133 Å². The molecule has 0 atom stereocenters. The summed E-state index contributed by atoms with van der Waals surface area (Å²) in [5.74, 6) is 0.954. The van der Waals surface area contributed by atoms with E-state index < -0.39 is 0 Å². The average molecular weight is 364 g/mol. The Kier molecular flexibility index (Phi) is 4.07. The van der Waals surface area contributed by atoms with Crippen molar-refractivity contribution in [2.24, 2.45) is 0 Å². The molecule has 106 valence electrons. The molecular weight excluding hydrogens is 354 g/mol. The molecule has 0 bridgehead atoms. The lowest BCUT2D eigenvalue weighted by atomic mass is 10.3. The average Bonchev–Trinajstić information content (AvgIpc) is 2.98. The fourth-order valence-electron chi connectivity index (χ4n) is 1.59. The maximum atomic E-state index is 5.04. The number of benzene rings is 1. The van der Waals surface area contributed by atoms with Crippen molar-refractivity contribution in [1.82, 2.24) is 19.3 Å². The first kappa shape index (κ1) is 13.9. The molecule has 3 rings (SSSR count). The Morgan fingerprint density at radius 3 is 2.71 bits per heavy atom. The summed E-state index contributed by atoms with van der Waals surface area (Å²) >= 11 is 4.66. The SMILES string of the molecule is COc1cncc(-c2nsc(Nc3ccc(Br)cc3)n2)n1. The predicted molar refractivity (Wildman–Crippen MR) is 84.9 cm³/mol. The van der Waals surface area contributed by atoms with Crippen LogP contribution in [0.4, 0.5) is 10.8 Å². The number of aromatic nitrogens is 4. The number of rotatable bonds is 4. The van der Waals surface area contributed by atoms with Crippen molar-refractivity contribution in [3.05, 3.63) is 41.1 Å². The van der Waals surface area contributed by atoms with Gasteiger partial charge in [-0.05, 0) is 24.3 Å². The first-order valence-corrected chi connectivity index (χ1v) is 7.54. The van der Waals surface area contributed by atoms with Crippen molar-refractivity contribution in [3.63, 3.8) is 0 Å². The van der Waals surface area contributed by atoms with Gasteiger partial charge in [-0.3, -0.25) is 4.98 Å². The van der Waals surface area contributed by atoms with E-state index in [1.54, 1.807) is 13.3 Å². The van der Waals surface area contributed by atoms with Gasteiger partial charge in [0, 0.05) is 21.7 Å². The second-order valence-corrected chi connectivity index (χ2v) is 5.67. The molecule has 2 heterocycles. The summed E-state index contributed by atoms with van der Waals surface area (Å²) in [6, 6.07) is 7.82. The Morgan fingerprint density at radius 2 is 1.95 bits per heavy atom. The number of halogens is 1. The van der Waals surface area contributed by atoms with Gasteiger partial charge in [0.2, 0.25) is 11.0 Å². The van der Waals surface area contributed by atoms with Gasteiger partial charge < -0.3 is 10.1 Å². The number of nitrogens with zero attached hydrogens (tertiary/aromatic N) is 4. The maximum Gasteiger partial charge on any atom is 0.232 e. The van der Waals surface area contributed by atoms with Gasteiger partial charge in [0.15, 0.2) is 5.82 Å². The molecule has 0 radical (unpaired) electrons. The maximum absolute atomic E-state index is 5.04. The predicted octanol–water partition coefficient (Wildman–Crippen LogP) is 3.51. The van der Waals surface area contributed by atoms with Crippen LogP contribution in [0.25, 0.3) is 11.5 Å². The molecule has 0 fully saturated rings. The highest BCUT2D eigenvalue weighted by atomic mass is 79.9. The van der Waals surface area contributed by atoms with E-state index in [-0.39, 0.29) is 0 Å². The van der Waals surface area contributed by atoms with E-state index in [2.05, 4.69) is 40.6 Å². The van der Waals surface area contributed by atoms with Crippen LogP contribution >= 0.6 is 27.5 Å². The largest absolute Gasteiger partial charge is 0.480 e. The Morgan fingerprint density at radius 1 is 1.14 bits per heavy atom. The molecule has 2 aromatic heterocycles. The van der Waals surface area contributed by atoms with E-state index in [1.807, 2.05) is 24.3 Å². The second kappa shape index (κ2) is 6.15. The highest BCUT2D eigenvalue weighted by molar-refractivity contribution is 9.10. The van der Waals surface area contributed by atoms with E-state index >= 15 is 0 Å². The molecule has 0 unspecified atom stereocenters. The van der Waals surface area contributed by atoms with E-state index in [1.165, 1.54) is 17.7 Å². The Balaban J connectivity index is 1.81. The summed E-state index contributed by atoms with van der Waals surface area (Å²) in [5, 5.41) is 3.89. The normalized spacial score (nSPS) is 10.4. The molecule has 6 nitrogen and oxygen atoms in total. The zero-order chi connectivity index (χ0) is 14.7. The first-order chi connectivity index (χ1) is 10.2. The van der Waals surface area contributed by atoms with Crippen LogP contribution in [-0.2, 0) is 0 Å². The number of hydrogen-bond donors (Lipinski definition) is 1. The lowest BCUT2D eigenvalue weighted by Gasteiger charge is -2.01. The lowest BCUT2D eigenvalue weighted by Crippen LogP contribution is -1.93. The zero-order valence-electron chi connectivity index (χ0n) is 10.9. The van der Waals surface area contributed by atoms with Crippen molar-refractivity contribution in [2.75, 3.05) is 12.4 Å². The Hall–Kier alpha value is -2.06. The summed E-state index contributed by atoms with van der Waals surface area (Å²) in [7, 11) is 1.54. The fraction of sp³-hybridized carbons (Fsp3) is 0.0769. The lowest BCUT2D eigenvalue weighted by molar-refractivity contribution is 0.396. The van der Waals surface area contributed by atoms with Crippen LogP contribution in [0.3, 0.4) is 0 Å². The summed E-state index contributed by atoms with van der Waals surface area (Å²) in [6.07, 6.45) is 3.14. The fourth-order valence-corrected chi connectivity index (χ4v) is 2.45. The highest BCUT2D eigenvalue weighted by Crippen LogP contribution is 2.24. The van der Waals surface area contributed by atoms with Crippen LogP contribution in [0.15, 0.2) is 41.1 Å². The quantitative estimate of drug-likeness (QED) is 0.764. The minimum atomic E-state index is 0.435. The van der Waals surface area contributed by atoms with E-state index in [4.69, 9.17) is 4.74 Å². The molecule has 0 aliphatic carbocycles. The van der Waals surface area contributed by atoms with Gasteiger partial charge in [-0.25, -0.2) is 4.98 Å². The molecule has 21 heavy (non-hydrogen) atoms. The molecule has 1 aromatic carbocycles. The number of nitrogens with one attached hydrogen (secondary N) is 1. The van der Waals surface area contributed by atoms with Gasteiger partial charge in [-0.15, -0.1) is 0 Å². The summed E-state index contributed by atoms with van der Waals surface area (Å²) < 4.78 is 10.3. The van der Waals surface area contributed by atoms with Crippen LogP contribution in [0, 0.1) is 0 Å². The van der Waals surface area contributed by atoms with Gasteiger partial charge in [0.1, 0.15) is 5.69 Å². The smallest absolute Gasteiger partial charge is 0.232 e. The number of hydrogen-bond acceptors (Lipinski definition) is 7. The molecule has 8 heteroatoms. The minimum Gasteiger partial charge on any atom is -0.480 e. The number of methoxy groups -OCH3 is 1. The molecule has 3 aromatic rings. The summed E-state index contributed by atoms with van der Waals surface area (Å²) in [5.41, 5.74) is 1.52.